The van der Waals surface area contributed by atoms with Crippen LogP contribution in [0.1, 0.15) is 25.3 Å². The van der Waals surface area contributed by atoms with Gasteiger partial charge in [0.1, 0.15) is 11.6 Å². The van der Waals surface area contributed by atoms with Crippen molar-refractivity contribution in [2.45, 2.75) is 26.3 Å². The smallest absolute Gasteiger partial charge is 0.310 e. The zero-order valence-electron chi connectivity index (χ0n) is 19.5. The highest BCUT2D eigenvalue weighted by molar-refractivity contribution is 5.99. The minimum absolute atomic E-state index is 0.201. The second kappa shape index (κ2) is 9.69. The minimum Gasteiger partial charge on any atom is -0.466 e. The van der Waals surface area contributed by atoms with Crippen LogP contribution in [0.3, 0.4) is 0 Å². The maximum absolute atomic E-state index is 13.7. The van der Waals surface area contributed by atoms with Gasteiger partial charge in [-0.2, -0.15) is 4.98 Å². The van der Waals surface area contributed by atoms with Crippen LogP contribution in [-0.2, 0) is 16.1 Å². The lowest BCUT2D eigenvalue weighted by Crippen LogP contribution is -2.40. The predicted molar refractivity (Wildman–Crippen MR) is 132 cm³/mol. The molecule has 0 radical (unpaired) electrons. The molecule has 0 spiro atoms. The first-order chi connectivity index (χ1) is 17.0. The lowest BCUT2D eigenvalue weighted by Gasteiger charge is -2.31. The van der Waals surface area contributed by atoms with Gasteiger partial charge in [0, 0.05) is 18.7 Å². The number of carbonyl (C=O) groups excluding carboxylic acids is 1. The summed E-state index contributed by atoms with van der Waals surface area (Å²) in [6, 6.07) is 16.0. The Kier molecular flexibility index (Phi) is 6.31. The van der Waals surface area contributed by atoms with Gasteiger partial charge in [0.05, 0.1) is 30.1 Å². The van der Waals surface area contributed by atoms with Crippen LogP contribution >= 0.6 is 0 Å². The number of nitrogens with zero attached hydrogens (tertiary/aromatic N) is 5. The molecule has 1 atom stereocenters. The van der Waals surface area contributed by atoms with Gasteiger partial charge in [-0.1, -0.05) is 30.3 Å². The van der Waals surface area contributed by atoms with Crippen molar-refractivity contribution >= 4 is 28.8 Å². The Balaban J connectivity index is 1.59. The summed E-state index contributed by atoms with van der Waals surface area (Å²) in [6.45, 7) is 3.82. The number of aromatic nitrogens is 4. The Hall–Kier alpha value is -4.01. The van der Waals surface area contributed by atoms with E-state index in [0.29, 0.717) is 60.3 Å². The Labute approximate surface area is 202 Å². The first-order valence-electron chi connectivity index (χ1n) is 11.8. The number of anilines is 2. The maximum atomic E-state index is 13.7. The Morgan fingerprint density at radius 2 is 1.91 bits per heavy atom. The molecule has 0 saturated carbocycles. The fraction of sp³-hybridized carbons (Fsp3) is 0.308. The van der Waals surface area contributed by atoms with E-state index in [2.05, 4.69) is 0 Å². The van der Waals surface area contributed by atoms with Gasteiger partial charge in [-0.15, -0.1) is 5.10 Å². The van der Waals surface area contributed by atoms with E-state index >= 15 is 0 Å². The van der Waals surface area contributed by atoms with E-state index in [1.54, 1.807) is 23.7 Å². The van der Waals surface area contributed by atoms with Crippen molar-refractivity contribution in [2.24, 2.45) is 5.92 Å². The van der Waals surface area contributed by atoms with Crippen molar-refractivity contribution in [3.05, 3.63) is 66.0 Å². The van der Waals surface area contributed by atoms with Crippen LogP contribution in [0.4, 0.5) is 16.2 Å². The lowest BCUT2D eigenvalue weighted by molar-refractivity contribution is -0.148. The molecule has 0 amide bonds. The maximum Gasteiger partial charge on any atom is 0.310 e. The lowest BCUT2D eigenvalue weighted by atomic mass is 9.98. The number of nitrogen functional groups attached to an aromatic ring is 1. The van der Waals surface area contributed by atoms with Gasteiger partial charge >= 0.3 is 5.97 Å². The molecule has 4 aromatic rings. The molecule has 1 aliphatic heterocycles. The molecular formula is C26H27FN6O2. The van der Waals surface area contributed by atoms with Crippen LogP contribution < -0.4 is 10.6 Å². The van der Waals surface area contributed by atoms with Crippen LogP contribution in [0.5, 0.6) is 0 Å². The molecule has 180 valence electrons. The summed E-state index contributed by atoms with van der Waals surface area (Å²) in [6.07, 6.45) is 1.59. The molecule has 2 aromatic heterocycles. The van der Waals surface area contributed by atoms with Crippen LogP contribution in [0.25, 0.3) is 22.3 Å². The minimum atomic E-state index is -0.333. The molecular weight excluding hydrogens is 447 g/mol. The second-order valence-corrected chi connectivity index (χ2v) is 8.64. The van der Waals surface area contributed by atoms with Gasteiger partial charge in [-0.25, -0.2) is 14.1 Å². The summed E-state index contributed by atoms with van der Waals surface area (Å²) in [5.74, 6) is 0.139. The number of carbonyl (C=O) groups is 1. The third-order valence-corrected chi connectivity index (χ3v) is 6.24. The highest BCUT2D eigenvalue weighted by Gasteiger charge is 2.29. The van der Waals surface area contributed by atoms with Crippen LogP contribution in [0, 0.1) is 11.7 Å². The Morgan fingerprint density at radius 1 is 1.14 bits per heavy atom. The van der Waals surface area contributed by atoms with Crippen molar-refractivity contribution in [3.8, 4) is 11.3 Å². The van der Waals surface area contributed by atoms with Crippen molar-refractivity contribution in [1.29, 1.82) is 0 Å². The number of piperidine rings is 1. The van der Waals surface area contributed by atoms with E-state index in [1.165, 1.54) is 12.1 Å². The van der Waals surface area contributed by atoms with Crippen LogP contribution in [0.2, 0.25) is 0 Å². The number of ether oxygens (including phenoxy) is 1. The molecule has 5 rings (SSSR count). The van der Waals surface area contributed by atoms with Gasteiger partial charge in [0.2, 0.25) is 5.95 Å². The fourth-order valence-electron chi connectivity index (χ4n) is 4.49. The van der Waals surface area contributed by atoms with Gasteiger partial charge in [-0.05, 0) is 49.6 Å². The van der Waals surface area contributed by atoms with Gasteiger partial charge < -0.3 is 15.4 Å². The third-order valence-electron chi connectivity index (χ3n) is 6.24. The van der Waals surface area contributed by atoms with E-state index in [-0.39, 0.29) is 17.7 Å². The van der Waals surface area contributed by atoms with E-state index in [4.69, 9.17) is 25.5 Å². The SMILES string of the molecule is CCOC(=O)[C@H]1CCCN(c2nc(-c3ccc(F)cc3)c3c(N)n(Cc4ccccc4)nc3n2)C1. The molecule has 1 aliphatic rings. The largest absolute Gasteiger partial charge is 0.466 e. The van der Waals surface area contributed by atoms with Gasteiger partial charge in [-0.3, -0.25) is 4.79 Å². The molecule has 9 heteroatoms. The number of esters is 1. The first-order valence-corrected chi connectivity index (χ1v) is 11.8. The van der Waals surface area contributed by atoms with Crippen molar-refractivity contribution in [2.75, 3.05) is 30.3 Å². The molecule has 0 bridgehead atoms. The quantitative estimate of drug-likeness (QED) is 0.421. The average Bonchev–Trinajstić information content (AvgIpc) is 3.19. The molecule has 1 fully saturated rings. The molecule has 2 N–H and O–H groups in total. The highest BCUT2D eigenvalue weighted by Crippen LogP contribution is 2.33. The number of hydrogen-bond donors (Lipinski definition) is 1. The van der Waals surface area contributed by atoms with E-state index in [0.717, 1.165) is 18.4 Å². The van der Waals surface area contributed by atoms with E-state index < -0.39 is 0 Å². The standard InChI is InChI=1S/C26H27FN6O2/c1-2-35-25(34)19-9-6-14-32(16-19)26-29-22(18-10-12-20(27)13-11-18)21-23(28)33(31-24(21)30-26)15-17-7-4-3-5-8-17/h3-5,7-8,10-13,19H,2,6,9,14-16,28H2,1H3/t19-/m0/s1. The molecule has 3 heterocycles. The summed E-state index contributed by atoms with van der Waals surface area (Å²) in [7, 11) is 0. The normalized spacial score (nSPS) is 15.9. The van der Waals surface area contributed by atoms with E-state index in [1.807, 2.05) is 35.2 Å². The predicted octanol–water partition coefficient (Wildman–Crippen LogP) is 4.04. The monoisotopic (exact) mass is 474 g/mol. The number of nitrogens with two attached hydrogens (primary N) is 1. The third kappa shape index (κ3) is 4.66. The summed E-state index contributed by atoms with van der Waals surface area (Å²) >= 11 is 0. The zero-order valence-corrected chi connectivity index (χ0v) is 19.5. The molecule has 8 nitrogen and oxygen atoms in total. The Morgan fingerprint density at radius 3 is 2.66 bits per heavy atom. The fourth-order valence-corrected chi connectivity index (χ4v) is 4.49. The molecule has 0 aliphatic carbocycles. The first kappa shape index (κ1) is 22.8. The number of fused-ring (bicyclic) bond motifs is 1. The summed E-state index contributed by atoms with van der Waals surface area (Å²) in [4.78, 5) is 24.0. The topological polar surface area (TPSA) is 99.2 Å². The van der Waals surface area contributed by atoms with Crippen molar-refractivity contribution in [1.82, 2.24) is 19.7 Å². The number of halogens is 1. The Bertz CT molecular complexity index is 1340. The van der Waals surface area contributed by atoms with Crippen LogP contribution in [-0.4, -0.2) is 45.4 Å². The number of hydrogen-bond acceptors (Lipinski definition) is 7. The van der Waals surface area contributed by atoms with E-state index in [9.17, 15) is 9.18 Å². The summed E-state index contributed by atoms with van der Waals surface area (Å²) in [5, 5.41) is 5.32. The highest BCUT2D eigenvalue weighted by atomic mass is 19.1. The van der Waals surface area contributed by atoms with Crippen molar-refractivity contribution < 1.29 is 13.9 Å². The summed E-state index contributed by atoms with van der Waals surface area (Å²) in [5.41, 5.74) is 9.36. The van der Waals surface area contributed by atoms with Gasteiger partial charge in [0.25, 0.3) is 0 Å². The second-order valence-electron chi connectivity index (χ2n) is 8.64. The molecule has 35 heavy (non-hydrogen) atoms. The number of rotatable bonds is 6. The van der Waals surface area contributed by atoms with Gasteiger partial charge in [0.15, 0.2) is 5.65 Å². The summed E-state index contributed by atoms with van der Waals surface area (Å²) < 4.78 is 20.6. The molecule has 1 saturated heterocycles. The van der Waals surface area contributed by atoms with Crippen molar-refractivity contribution in [3.63, 3.8) is 0 Å². The molecule has 0 unspecified atom stereocenters. The average molecular weight is 475 g/mol. The number of benzene rings is 2. The van der Waals surface area contributed by atoms with Crippen LogP contribution in [0.15, 0.2) is 54.6 Å². The zero-order chi connectivity index (χ0) is 24.4. The molecule has 2 aromatic carbocycles.